The van der Waals surface area contributed by atoms with Crippen molar-refractivity contribution in [3.05, 3.63) is 30.1 Å². The van der Waals surface area contributed by atoms with Crippen LogP contribution in [-0.4, -0.2) is 53.3 Å². The second-order valence-corrected chi connectivity index (χ2v) is 4.57. The lowest BCUT2D eigenvalue weighted by Crippen LogP contribution is -2.44. The van der Waals surface area contributed by atoms with E-state index in [0.29, 0.717) is 5.56 Å². The van der Waals surface area contributed by atoms with Crippen LogP contribution in [0.2, 0.25) is 0 Å². The van der Waals surface area contributed by atoms with E-state index in [2.05, 4.69) is 4.98 Å². The lowest BCUT2D eigenvalue weighted by Gasteiger charge is -2.28. The minimum Gasteiger partial charge on any atom is -0.388 e. The number of methoxy groups -OCH3 is 1. The topological polar surface area (TPSA) is 62.7 Å². The van der Waals surface area contributed by atoms with E-state index in [1.807, 2.05) is 0 Å². The number of carbonyl (C=O) groups excluding carboxylic acids is 1. The summed E-state index contributed by atoms with van der Waals surface area (Å²) in [4.78, 5) is 17.7. The summed E-state index contributed by atoms with van der Waals surface area (Å²) in [6.45, 7) is 0. The monoisotopic (exact) mass is 250 g/mol. The molecule has 0 saturated heterocycles. The number of pyridine rings is 1. The molecule has 5 heteroatoms. The van der Waals surface area contributed by atoms with Gasteiger partial charge in [0.05, 0.1) is 17.7 Å². The minimum absolute atomic E-state index is 0.121. The van der Waals surface area contributed by atoms with E-state index in [0.717, 1.165) is 12.8 Å². The van der Waals surface area contributed by atoms with Crippen LogP contribution in [0.4, 0.5) is 0 Å². The molecule has 1 saturated carbocycles. The molecule has 1 aromatic rings. The van der Waals surface area contributed by atoms with Gasteiger partial charge in [-0.2, -0.15) is 0 Å². The molecule has 1 amide bonds. The van der Waals surface area contributed by atoms with Crippen LogP contribution in [0, 0.1) is 0 Å². The highest BCUT2D eigenvalue weighted by molar-refractivity contribution is 5.93. The summed E-state index contributed by atoms with van der Waals surface area (Å²) in [6, 6.07) is 3.26. The van der Waals surface area contributed by atoms with E-state index in [-0.39, 0.29) is 18.1 Å². The molecular weight excluding hydrogens is 232 g/mol. The zero-order valence-corrected chi connectivity index (χ0v) is 10.6. The number of hydrogen-bond acceptors (Lipinski definition) is 4. The Morgan fingerprint density at radius 1 is 1.56 bits per heavy atom. The molecule has 2 rings (SSSR count). The zero-order chi connectivity index (χ0) is 13.1. The Morgan fingerprint density at radius 3 is 2.89 bits per heavy atom. The molecule has 1 aliphatic carbocycles. The normalized spacial score (nSPS) is 27.2. The Morgan fingerprint density at radius 2 is 2.33 bits per heavy atom. The quantitative estimate of drug-likeness (QED) is 0.857. The van der Waals surface area contributed by atoms with E-state index in [1.165, 1.54) is 6.20 Å². The molecule has 0 spiro atoms. The molecule has 1 N–H and O–H groups in total. The van der Waals surface area contributed by atoms with Gasteiger partial charge >= 0.3 is 0 Å². The maximum Gasteiger partial charge on any atom is 0.255 e. The van der Waals surface area contributed by atoms with Gasteiger partial charge in [0.2, 0.25) is 0 Å². The molecular formula is C13H18N2O3. The van der Waals surface area contributed by atoms with Crippen molar-refractivity contribution in [3.63, 3.8) is 0 Å². The van der Waals surface area contributed by atoms with E-state index >= 15 is 0 Å². The third kappa shape index (κ3) is 2.37. The molecule has 0 radical (unpaired) electrons. The van der Waals surface area contributed by atoms with E-state index < -0.39 is 6.10 Å². The molecule has 98 valence electrons. The Bertz CT molecular complexity index is 410. The fraction of sp³-hybridized carbons (Fsp3) is 0.538. The number of aliphatic hydroxyl groups is 1. The van der Waals surface area contributed by atoms with Gasteiger partial charge in [0.25, 0.3) is 5.91 Å². The molecule has 0 aliphatic heterocycles. The molecule has 5 nitrogen and oxygen atoms in total. The van der Waals surface area contributed by atoms with Crippen LogP contribution in [0.5, 0.6) is 0 Å². The first-order chi connectivity index (χ1) is 8.65. The third-order valence-corrected chi connectivity index (χ3v) is 3.55. The highest BCUT2D eigenvalue weighted by atomic mass is 16.5. The van der Waals surface area contributed by atoms with Gasteiger partial charge in [0, 0.05) is 26.6 Å². The van der Waals surface area contributed by atoms with E-state index in [4.69, 9.17) is 4.74 Å². The Labute approximate surface area is 106 Å². The number of ether oxygens (including phenoxy) is 1. The molecule has 1 heterocycles. The van der Waals surface area contributed by atoms with Crippen molar-refractivity contribution in [1.29, 1.82) is 0 Å². The van der Waals surface area contributed by atoms with E-state index in [1.54, 1.807) is 37.4 Å². The predicted molar refractivity (Wildman–Crippen MR) is 66.2 cm³/mol. The highest BCUT2D eigenvalue weighted by Gasteiger charge is 2.38. The molecule has 0 bridgehead atoms. The van der Waals surface area contributed by atoms with Crippen LogP contribution in [0.15, 0.2) is 24.5 Å². The van der Waals surface area contributed by atoms with Gasteiger partial charge in [-0.05, 0) is 25.0 Å². The van der Waals surface area contributed by atoms with Crippen molar-refractivity contribution in [2.45, 2.75) is 31.1 Å². The standard InChI is InChI=1S/C13H18N2O3/c1-15(10-5-6-11(18-2)12(10)16)13(17)9-4-3-7-14-8-9/h3-4,7-8,10-12,16H,5-6H2,1-2H3/t10-,11-,12-/m1/s1. The van der Waals surface area contributed by atoms with Gasteiger partial charge in [-0.25, -0.2) is 0 Å². The lowest BCUT2D eigenvalue weighted by atomic mass is 10.1. The summed E-state index contributed by atoms with van der Waals surface area (Å²) in [5.41, 5.74) is 0.535. The zero-order valence-electron chi connectivity index (χ0n) is 10.6. The lowest BCUT2D eigenvalue weighted by molar-refractivity contribution is -0.0156. The number of carbonyl (C=O) groups is 1. The van der Waals surface area contributed by atoms with Crippen LogP contribution in [0.25, 0.3) is 0 Å². The van der Waals surface area contributed by atoms with Gasteiger partial charge in [0.15, 0.2) is 0 Å². The molecule has 1 aliphatic rings. The van der Waals surface area contributed by atoms with Crippen molar-refractivity contribution < 1.29 is 14.6 Å². The number of nitrogens with zero attached hydrogens (tertiary/aromatic N) is 2. The number of likely N-dealkylation sites (N-methyl/N-ethyl adjacent to an activating group) is 1. The van der Waals surface area contributed by atoms with Gasteiger partial charge in [-0.3, -0.25) is 9.78 Å². The van der Waals surface area contributed by atoms with Crippen molar-refractivity contribution in [3.8, 4) is 0 Å². The second-order valence-electron chi connectivity index (χ2n) is 4.57. The van der Waals surface area contributed by atoms with Crippen LogP contribution >= 0.6 is 0 Å². The third-order valence-electron chi connectivity index (χ3n) is 3.55. The van der Waals surface area contributed by atoms with Gasteiger partial charge in [-0.15, -0.1) is 0 Å². The first-order valence-corrected chi connectivity index (χ1v) is 6.03. The van der Waals surface area contributed by atoms with Crippen molar-refractivity contribution >= 4 is 5.91 Å². The molecule has 1 aromatic heterocycles. The molecule has 0 aromatic carbocycles. The minimum atomic E-state index is -0.624. The predicted octanol–water partition coefficient (Wildman–Crippen LogP) is 0.692. The smallest absolute Gasteiger partial charge is 0.255 e. The summed E-state index contributed by atoms with van der Waals surface area (Å²) in [5, 5.41) is 10.1. The second kappa shape index (κ2) is 5.46. The number of aromatic nitrogens is 1. The average molecular weight is 250 g/mol. The Kier molecular flexibility index (Phi) is 3.93. The molecule has 1 fully saturated rings. The maximum absolute atomic E-state index is 12.2. The summed E-state index contributed by atoms with van der Waals surface area (Å²) < 4.78 is 5.19. The number of rotatable bonds is 3. The van der Waals surface area contributed by atoms with Crippen LogP contribution in [0.1, 0.15) is 23.2 Å². The first-order valence-electron chi connectivity index (χ1n) is 6.03. The van der Waals surface area contributed by atoms with Gasteiger partial charge < -0.3 is 14.7 Å². The molecule has 0 unspecified atom stereocenters. The summed E-state index contributed by atoms with van der Waals surface area (Å²) in [5.74, 6) is -0.121. The Hall–Kier alpha value is -1.46. The van der Waals surface area contributed by atoms with Crippen molar-refractivity contribution in [2.24, 2.45) is 0 Å². The first kappa shape index (κ1) is 13.0. The molecule has 18 heavy (non-hydrogen) atoms. The summed E-state index contributed by atoms with van der Waals surface area (Å²) in [7, 11) is 3.29. The summed E-state index contributed by atoms with van der Waals surface area (Å²) in [6.07, 6.45) is 3.88. The number of aliphatic hydroxyl groups excluding tert-OH is 1. The fourth-order valence-electron chi connectivity index (χ4n) is 2.45. The SMILES string of the molecule is CO[C@@H]1CC[C@@H](N(C)C(=O)c2cccnc2)[C@H]1O. The average Bonchev–Trinajstić information content (AvgIpc) is 2.79. The van der Waals surface area contributed by atoms with E-state index in [9.17, 15) is 9.90 Å². The highest BCUT2D eigenvalue weighted by Crippen LogP contribution is 2.26. The van der Waals surface area contributed by atoms with Gasteiger partial charge in [-0.1, -0.05) is 0 Å². The number of hydrogen-bond donors (Lipinski definition) is 1. The fourth-order valence-corrected chi connectivity index (χ4v) is 2.45. The Balaban J connectivity index is 2.08. The largest absolute Gasteiger partial charge is 0.388 e. The van der Waals surface area contributed by atoms with Gasteiger partial charge in [0.1, 0.15) is 6.10 Å². The maximum atomic E-state index is 12.2. The van der Waals surface area contributed by atoms with Crippen molar-refractivity contribution in [1.82, 2.24) is 9.88 Å². The number of amides is 1. The van der Waals surface area contributed by atoms with Crippen LogP contribution in [0.3, 0.4) is 0 Å². The van der Waals surface area contributed by atoms with Crippen LogP contribution < -0.4 is 0 Å². The van der Waals surface area contributed by atoms with Crippen LogP contribution in [-0.2, 0) is 4.74 Å². The summed E-state index contributed by atoms with van der Waals surface area (Å²) >= 11 is 0. The van der Waals surface area contributed by atoms with Crippen molar-refractivity contribution in [2.75, 3.05) is 14.2 Å². The molecule has 3 atom stereocenters.